The van der Waals surface area contributed by atoms with E-state index in [9.17, 15) is 9.18 Å². The number of halogens is 1. The van der Waals surface area contributed by atoms with E-state index < -0.39 is 0 Å². The molecule has 0 atom stereocenters. The molecule has 0 aliphatic heterocycles. The highest BCUT2D eigenvalue weighted by Gasteiger charge is 2.11. The number of hydrogen-bond acceptors (Lipinski definition) is 8. The first-order chi connectivity index (χ1) is 14.6. The van der Waals surface area contributed by atoms with Crippen LogP contribution in [0.5, 0.6) is 11.5 Å². The summed E-state index contributed by atoms with van der Waals surface area (Å²) in [5, 5.41) is 13.8. The molecule has 2 aromatic carbocycles. The summed E-state index contributed by atoms with van der Waals surface area (Å²) in [6, 6.07) is 11.0. The zero-order chi connectivity index (χ0) is 21.3. The highest BCUT2D eigenvalue weighted by molar-refractivity contribution is 7.99. The van der Waals surface area contributed by atoms with E-state index >= 15 is 0 Å². The minimum atomic E-state index is -0.314. The van der Waals surface area contributed by atoms with Gasteiger partial charge in [0.1, 0.15) is 17.3 Å². The average molecular weight is 430 g/mol. The first kappa shape index (κ1) is 21.1. The van der Waals surface area contributed by atoms with E-state index in [1.165, 1.54) is 25.5 Å². The van der Waals surface area contributed by atoms with E-state index in [2.05, 4.69) is 31.0 Å². The first-order valence-electron chi connectivity index (χ1n) is 8.69. The third-order valence-corrected chi connectivity index (χ3v) is 4.58. The Kier molecular flexibility index (Phi) is 7.22. The van der Waals surface area contributed by atoms with Gasteiger partial charge >= 0.3 is 0 Å². The van der Waals surface area contributed by atoms with E-state index in [1.54, 1.807) is 37.4 Å². The van der Waals surface area contributed by atoms with Crippen molar-refractivity contribution in [3.8, 4) is 11.5 Å². The number of ether oxygens (including phenoxy) is 2. The molecule has 0 saturated heterocycles. The summed E-state index contributed by atoms with van der Waals surface area (Å²) in [7, 11) is 3.06. The highest BCUT2D eigenvalue weighted by Crippen LogP contribution is 2.29. The van der Waals surface area contributed by atoms with Crippen LogP contribution >= 0.6 is 11.8 Å². The number of carbonyl (C=O) groups excluding carboxylic acids is 1. The Hall–Kier alpha value is -3.60. The van der Waals surface area contributed by atoms with Crippen molar-refractivity contribution in [2.24, 2.45) is 5.10 Å². The lowest BCUT2D eigenvalue weighted by molar-refractivity contribution is -0.113. The second-order valence-electron chi connectivity index (χ2n) is 5.79. The van der Waals surface area contributed by atoms with Crippen LogP contribution in [0.4, 0.5) is 16.0 Å². The summed E-state index contributed by atoms with van der Waals surface area (Å²) >= 11 is 1.15. The molecule has 1 amide bonds. The van der Waals surface area contributed by atoms with Crippen LogP contribution in [0.15, 0.2) is 52.7 Å². The van der Waals surface area contributed by atoms with E-state index in [-0.39, 0.29) is 17.5 Å². The van der Waals surface area contributed by atoms with Gasteiger partial charge in [0.25, 0.3) is 0 Å². The Bertz CT molecular complexity index is 1030. The van der Waals surface area contributed by atoms with Gasteiger partial charge in [-0.15, -0.1) is 5.10 Å². The molecule has 3 N–H and O–H groups in total. The quantitative estimate of drug-likeness (QED) is 0.271. The molecule has 9 nitrogen and oxygen atoms in total. The number of amides is 1. The number of thioether (sulfide) groups is 1. The second kappa shape index (κ2) is 10.3. The number of aromatic nitrogens is 3. The Morgan fingerprint density at radius 1 is 1.23 bits per heavy atom. The van der Waals surface area contributed by atoms with Crippen LogP contribution in [0.2, 0.25) is 0 Å². The zero-order valence-corrected chi connectivity index (χ0v) is 17.0. The number of aromatic amines is 1. The minimum Gasteiger partial charge on any atom is -0.497 e. The van der Waals surface area contributed by atoms with Crippen LogP contribution in [-0.2, 0) is 4.79 Å². The van der Waals surface area contributed by atoms with Gasteiger partial charge < -0.3 is 14.8 Å². The van der Waals surface area contributed by atoms with E-state index in [0.717, 1.165) is 17.3 Å². The van der Waals surface area contributed by atoms with Crippen molar-refractivity contribution in [1.29, 1.82) is 0 Å². The third-order valence-electron chi connectivity index (χ3n) is 3.73. The number of rotatable bonds is 9. The molecule has 0 aliphatic rings. The SMILES string of the molecule is COc1ccc(OC)c(NC(=O)CSc2n[nH]c(N/N=C/c3ccc(F)cc3)n2)c1. The summed E-state index contributed by atoms with van der Waals surface area (Å²) in [4.78, 5) is 16.4. The van der Waals surface area contributed by atoms with Crippen LogP contribution in [-0.4, -0.2) is 47.3 Å². The molecule has 0 spiro atoms. The lowest BCUT2D eigenvalue weighted by Gasteiger charge is -2.11. The molecule has 1 aromatic heterocycles. The molecule has 3 rings (SSSR count). The lowest BCUT2D eigenvalue weighted by Crippen LogP contribution is -2.15. The molecule has 0 saturated carbocycles. The van der Waals surface area contributed by atoms with Crippen molar-refractivity contribution >= 4 is 35.5 Å². The number of benzene rings is 2. The van der Waals surface area contributed by atoms with Crippen LogP contribution in [0.25, 0.3) is 0 Å². The standard InChI is InChI=1S/C19H19FN6O3S/c1-28-14-7-8-16(29-2)15(9-14)22-17(27)11-30-19-23-18(25-26-19)24-21-10-12-3-5-13(20)6-4-12/h3-10H,11H2,1-2H3,(H,22,27)(H2,23,24,25,26)/b21-10+. The summed E-state index contributed by atoms with van der Waals surface area (Å²) in [5.74, 6) is 0.968. The van der Waals surface area contributed by atoms with Gasteiger partial charge in [-0.2, -0.15) is 10.1 Å². The molecule has 1 heterocycles. The maximum Gasteiger partial charge on any atom is 0.240 e. The predicted octanol–water partition coefficient (Wildman–Crippen LogP) is 3.14. The highest BCUT2D eigenvalue weighted by atomic mass is 32.2. The molecule has 0 aliphatic carbocycles. The molecular formula is C19H19FN6O3S. The summed E-state index contributed by atoms with van der Waals surface area (Å²) in [6.07, 6.45) is 1.52. The molecule has 11 heteroatoms. The Morgan fingerprint density at radius 2 is 2.03 bits per heavy atom. The molecule has 156 valence electrons. The summed E-state index contributed by atoms with van der Waals surface area (Å²) in [5.41, 5.74) is 3.92. The fraction of sp³-hybridized carbons (Fsp3) is 0.158. The third kappa shape index (κ3) is 5.95. The number of anilines is 2. The lowest BCUT2D eigenvalue weighted by atomic mass is 10.2. The van der Waals surface area contributed by atoms with E-state index in [4.69, 9.17) is 9.47 Å². The number of nitrogens with zero attached hydrogens (tertiary/aromatic N) is 3. The summed E-state index contributed by atoms with van der Waals surface area (Å²) in [6.45, 7) is 0. The van der Waals surface area contributed by atoms with Crippen molar-refractivity contribution in [3.63, 3.8) is 0 Å². The van der Waals surface area contributed by atoms with Gasteiger partial charge in [0.15, 0.2) is 0 Å². The van der Waals surface area contributed by atoms with Crippen LogP contribution in [0.3, 0.4) is 0 Å². The first-order valence-corrected chi connectivity index (χ1v) is 9.67. The van der Waals surface area contributed by atoms with E-state index in [1.807, 2.05) is 0 Å². The van der Waals surface area contributed by atoms with Crippen LogP contribution < -0.4 is 20.2 Å². The van der Waals surface area contributed by atoms with Gasteiger partial charge in [-0.1, -0.05) is 23.9 Å². The molecule has 0 radical (unpaired) electrons. The second-order valence-corrected chi connectivity index (χ2v) is 6.73. The maximum absolute atomic E-state index is 12.9. The Morgan fingerprint density at radius 3 is 2.77 bits per heavy atom. The average Bonchev–Trinajstić information content (AvgIpc) is 3.21. The monoisotopic (exact) mass is 430 g/mol. The van der Waals surface area contributed by atoms with Crippen molar-refractivity contribution in [3.05, 3.63) is 53.8 Å². The molecule has 0 bridgehead atoms. The summed E-state index contributed by atoms with van der Waals surface area (Å²) < 4.78 is 23.3. The van der Waals surface area contributed by atoms with Crippen molar-refractivity contribution in [2.75, 3.05) is 30.7 Å². The van der Waals surface area contributed by atoms with Gasteiger partial charge in [-0.3, -0.25) is 4.79 Å². The molecule has 30 heavy (non-hydrogen) atoms. The Balaban J connectivity index is 1.50. The van der Waals surface area contributed by atoms with E-state index in [0.29, 0.717) is 28.3 Å². The van der Waals surface area contributed by atoms with Crippen LogP contribution in [0.1, 0.15) is 5.56 Å². The topological polar surface area (TPSA) is 114 Å². The van der Waals surface area contributed by atoms with Gasteiger partial charge in [0.05, 0.1) is 31.9 Å². The van der Waals surface area contributed by atoms with Crippen molar-refractivity contribution in [1.82, 2.24) is 15.2 Å². The van der Waals surface area contributed by atoms with Crippen molar-refractivity contribution in [2.45, 2.75) is 5.16 Å². The fourth-order valence-corrected chi connectivity index (χ4v) is 2.90. The predicted molar refractivity (Wildman–Crippen MR) is 113 cm³/mol. The smallest absolute Gasteiger partial charge is 0.240 e. The molecular weight excluding hydrogens is 411 g/mol. The largest absolute Gasteiger partial charge is 0.497 e. The number of H-pyrrole nitrogens is 1. The van der Waals surface area contributed by atoms with Gasteiger partial charge in [0.2, 0.25) is 17.0 Å². The molecule has 0 unspecified atom stereocenters. The number of methoxy groups -OCH3 is 2. The number of hydrazone groups is 1. The molecule has 0 fully saturated rings. The van der Waals surface area contributed by atoms with Gasteiger partial charge in [-0.25, -0.2) is 14.9 Å². The number of hydrogen-bond donors (Lipinski definition) is 3. The van der Waals surface area contributed by atoms with Gasteiger partial charge in [-0.05, 0) is 29.8 Å². The number of nitrogens with one attached hydrogen (secondary N) is 3. The zero-order valence-electron chi connectivity index (χ0n) is 16.2. The normalized spacial score (nSPS) is 10.8. The maximum atomic E-state index is 12.9. The Labute approximate surface area is 176 Å². The van der Waals surface area contributed by atoms with Gasteiger partial charge in [0, 0.05) is 6.07 Å². The minimum absolute atomic E-state index is 0.0938. The van der Waals surface area contributed by atoms with Crippen molar-refractivity contribution < 1.29 is 18.7 Å². The van der Waals surface area contributed by atoms with Crippen LogP contribution in [0, 0.1) is 5.82 Å². The fourth-order valence-electron chi connectivity index (χ4n) is 2.31. The number of carbonyl (C=O) groups is 1. The molecule has 3 aromatic rings.